The summed E-state index contributed by atoms with van der Waals surface area (Å²) in [6.07, 6.45) is 8.55. The van der Waals surface area contributed by atoms with Crippen LogP contribution in [0.4, 0.5) is 0 Å². The number of aryl methyl sites for hydroxylation is 1. The molecule has 5 nitrogen and oxygen atoms in total. The highest BCUT2D eigenvalue weighted by Crippen LogP contribution is 2.40. The van der Waals surface area contributed by atoms with E-state index in [1.807, 2.05) is 12.1 Å². The Kier molecular flexibility index (Phi) is 10.1. The lowest BCUT2D eigenvalue weighted by molar-refractivity contribution is 0.0702. The van der Waals surface area contributed by atoms with Gasteiger partial charge in [0.25, 0.3) is 0 Å². The van der Waals surface area contributed by atoms with Gasteiger partial charge >= 0.3 is 5.97 Å². The fourth-order valence-corrected chi connectivity index (χ4v) is 5.38. The van der Waals surface area contributed by atoms with Crippen LogP contribution in [0.3, 0.4) is 0 Å². The van der Waals surface area contributed by atoms with Crippen molar-refractivity contribution in [3.63, 3.8) is 0 Å². The smallest absolute Gasteiger partial charge is 0.345 e. The van der Waals surface area contributed by atoms with E-state index in [0.717, 1.165) is 43.4 Å². The molecule has 0 spiro atoms. The summed E-state index contributed by atoms with van der Waals surface area (Å²) in [5, 5.41) is 38.8. The lowest BCUT2D eigenvalue weighted by Crippen LogP contribution is -2.19. The Hall–Kier alpha value is -0.920. The number of aliphatic hydroxyl groups is 3. The summed E-state index contributed by atoms with van der Waals surface area (Å²) in [6, 6.07) is 3.50. The van der Waals surface area contributed by atoms with Gasteiger partial charge in [-0.25, -0.2) is 4.79 Å². The Bertz CT molecular complexity index is 659. The number of halogens is 1. The molecule has 4 N–H and O–H groups in total. The van der Waals surface area contributed by atoms with Crippen molar-refractivity contribution in [3.8, 4) is 0 Å². The highest BCUT2D eigenvalue weighted by Gasteiger charge is 2.39. The average molecular weight is 445 g/mol. The maximum absolute atomic E-state index is 11.0. The van der Waals surface area contributed by atoms with E-state index in [1.165, 1.54) is 11.3 Å². The number of thiophene rings is 1. The minimum absolute atomic E-state index is 0.0671. The number of carboxylic acid groups (broad SMARTS) is 1. The van der Waals surface area contributed by atoms with Crippen molar-refractivity contribution < 1.29 is 25.2 Å². The fraction of sp³-hybridized carbons (Fsp3) is 0.682. The van der Waals surface area contributed by atoms with E-state index < -0.39 is 18.2 Å². The van der Waals surface area contributed by atoms with E-state index >= 15 is 0 Å². The van der Waals surface area contributed by atoms with Crippen LogP contribution in [0.15, 0.2) is 24.3 Å². The first-order valence-electron chi connectivity index (χ1n) is 10.5. The quantitative estimate of drug-likeness (QED) is 0.220. The van der Waals surface area contributed by atoms with Crippen LogP contribution in [0, 0.1) is 11.8 Å². The number of aromatic carboxylic acids is 1. The monoisotopic (exact) mass is 444 g/mol. The van der Waals surface area contributed by atoms with Crippen molar-refractivity contribution in [2.24, 2.45) is 11.8 Å². The molecule has 0 unspecified atom stereocenters. The Balaban J connectivity index is 1.81. The normalized spacial score (nSPS) is 26.8. The Labute approximate surface area is 182 Å². The predicted molar refractivity (Wildman–Crippen MR) is 117 cm³/mol. The molecule has 29 heavy (non-hydrogen) atoms. The first kappa shape index (κ1) is 24.4. The molecule has 0 saturated heterocycles. The lowest BCUT2D eigenvalue weighted by atomic mass is 9.89. The fourth-order valence-electron chi connectivity index (χ4n) is 4.02. The summed E-state index contributed by atoms with van der Waals surface area (Å²) in [4.78, 5) is 12.4. The van der Waals surface area contributed by atoms with Crippen molar-refractivity contribution in [3.05, 3.63) is 34.0 Å². The number of aliphatic hydroxyl groups excluding tert-OH is 3. The van der Waals surface area contributed by atoms with E-state index in [9.17, 15) is 20.1 Å². The standard InChI is InChI=1S/C22H33ClO5S/c1-14(24)5-2-3-6-15(25)9-11-18-17(19(23)13-20(18)26)8-4-7-16-10-12-21(29-16)22(27)28/h9-12,14-15,17-20,24-26H,2-8,13H2,1H3,(H,27,28)/b11-9+/t14-,15-,17-,18-,19-,20-/m1/s1. The molecule has 6 atom stereocenters. The zero-order valence-corrected chi connectivity index (χ0v) is 18.5. The van der Waals surface area contributed by atoms with Gasteiger partial charge in [-0.2, -0.15) is 0 Å². The number of unbranched alkanes of at least 4 members (excludes halogenated alkanes) is 1. The molecular formula is C22H33ClO5S. The van der Waals surface area contributed by atoms with Crippen molar-refractivity contribution in [2.75, 3.05) is 0 Å². The maximum atomic E-state index is 11.0. The number of hydrogen-bond donors (Lipinski definition) is 4. The summed E-state index contributed by atoms with van der Waals surface area (Å²) in [5.41, 5.74) is 0. The van der Waals surface area contributed by atoms with Gasteiger partial charge in [0.2, 0.25) is 0 Å². The molecule has 1 fully saturated rings. The predicted octanol–water partition coefficient (Wildman–Crippen LogP) is 4.23. The average Bonchev–Trinajstić information content (AvgIpc) is 3.22. The van der Waals surface area contributed by atoms with Crippen LogP contribution in [0.25, 0.3) is 0 Å². The van der Waals surface area contributed by atoms with Gasteiger partial charge in [-0.15, -0.1) is 22.9 Å². The van der Waals surface area contributed by atoms with Gasteiger partial charge in [-0.05, 0) is 63.5 Å². The van der Waals surface area contributed by atoms with Crippen LogP contribution >= 0.6 is 22.9 Å². The van der Waals surface area contributed by atoms with E-state index in [1.54, 1.807) is 19.1 Å². The second-order valence-corrected chi connectivity index (χ2v) is 9.84. The molecule has 0 radical (unpaired) electrons. The SMILES string of the molecule is C[C@@H](O)CCCC[C@@H](O)/C=C/[C@@H]1[C@@H](CCCc2ccc(C(=O)O)s2)[C@H](Cl)C[C@H]1O. The summed E-state index contributed by atoms with van der Waals surface area (Å²) in [7, 11) is 0. The summed E-state index contributed by atoms with van der Waals surface area (Å²) in [6.45, 7) is 1.77. The highest BCUT2D eigenvalue weighted by atomic mass is 35.5. The second kappa shape index (κ2) is 12.1. The van der Waals surface area contributed by atoms with Crippen LogP contribution in [-0.2, 0) is 6.42 Å². The molecule has 2 rings (SSSR count). The van der Waals surface area contributed by atoms with Crippen molar-refractivity contribution in [2.45, 2.75) is 82.0 Å². The Morgan fingerprint density at radius 1 is 1.28 bits per heavy atom. The zero-order valence-electron chi connectivity index (χ0n) is 16.9. The molecule has 0 aliphatic heterocycles. The maximum Gasteiger partial charge on any atom is 0.345 e. The van der Waals surface area contributed by atoms with Crippen molar-refractivity contribution in [1.29, 1.82) is 0 Å². The summed E-state index contributed by atoms with van der Waals surface area (Å²) < 4.78 is 0. The summed E-state index contributed by atoms with van der Waals surface area (Å²) in [5.74, 6) is -0.817. The minimum atomic E-state index is -0.893. The number of rotatable bonds is 12. The van der Waals surface area contributed by atoms with E-state index in [4.69, 9.17) is 16.7 Å². The first-order chi connectivity index (χ1) is 13.8. The second-order valence-electron chi connectivity index (χ2n) is 8.11. The molecule has 1 aromatic heterocycles. The van der Waals surface area contributed by atoms with E-state index in [-0.39, 0.29) is 23.3 Å². The van der Waals surface area contributed by atoms with Gasteiger partial charge in [0.05, 0.1) is 18.3 Å². The number of hydrogen-bond acceptors (Lipinski definition) is 5. The molecule has 0 bridgehead atoms. The van der Waals surface area contributed by atoms with Crippen molar-refractivity contribution >= 4 is 28.9 Å². The van der Waals surface area contributed by atoms with Gasteiger partial charge in [0.15, 0.2) is 0 Å². The van der Waals surface area contributed by atoms with Gasteiger partial charge < -0.3 is 20.4 Å². The van der Waals surface area contributed by atoms with Crippen LogP contribution < -0.4 is 0 Å². The van der Waals surface area contributed by atoms with Gasteiger partial charge in [-0.1, -0.05) is 25.0 Å². The van der Waals surface area contributed by atoms with Crippen molar-refractivity contribution in [1.82, 2.24) is 0 Å². The molecule has 7 heteroatoms. The first-order valence-corrected chi connectivity index (χ1v) is 11.7. The molecule has 1 heterocycles. The molecule has 1 aliphatic rings. The zero-order chi connectivity index (χ0) is 21.4. The molecule has 1 aliphatic carbocycles. The van der Waals surface area contributed by atoms with Gasteiger partial charge in [0.1, 0.15) is 4.88 Å². The molecule has 164 valence electrons. The third-order valence-corrected chi connectivity index (χ3v) is 7.27. The van der Waals surface area contributed by atoms with Gasteiger partial charge in [0, 0.05) is 16.2 Å². The Morgan fingerprint density at radius 2 is 2.00 bits per heavy atom. The molecule has 0 amide bonds. The van der Waals surface area contributed by atoms with Crippen LogP contribution in [0.5, 0.6) is 0 Å². The summed E-state index contributed by atoms with van der Waals surface area (Å²) >= 11 is 7.79. The van der Waals surface area contributed by atoms with Crippen LogP contribution in [-0.4, -0.2) is 50.1 Å². The van der Waals surface area contributed by atoms with Gasteiger partial charge in [-0.3, -0.25) is 0 Å². The largest absolute Gasteiger partial charge is 0.477 e. The van der Waals surface area contributed by atoms with E-state index in [0.29, 0.717) is 17.7 Å². The van der Waals surface area contributed by atoms with Crippen LogP contribution in [0.1, 0.15) is 66.4 Å². The third kappa shape index (κ3) is 8.02. The molecule has 0 aromatic carbocycles. The molecule has 1 saturated carbocycles. The number of carbonyl (C=O) groups is 1. The number of alkyl halides is 1. The minimum Gasteiger partial charge on any atom is -0.477 e. The molecule has 1 aromatic rings. The van der Waals surface area contributed by atoms with E-state index in [2.05, 4.69) is 0 Å². The Morgan fingerprint density at radius 3 is 2.66 bits per heavy atom. The highest BCUT2D eigenvalue weighted by molar-refractivity contribution is 7.13. The topological polar surface area (TPSA) is 98.0 Å². The van der Waals surface area contributed by atoms with Crippen LogP contribution in [0.2, 0.25) is 0 Å². The molecular weight excluding hydrogens is 412 g/mol. The number of carboxylic acids is 1. The third-order valence-electron chi connectivity index (χ3n) is 5.63. The lowest BCUT2D eigenvalue weighted by Gasteiger charge is -2.21.